The van der Waals surface area contributed by atoms with Gasteiger partial charge in [0, 0.05) is 19.3 Å². The lowest BCUT2D eigenvalue weighted by Gasteiger charge is -2.30. The Balaban J connectivity index is 1.66. The molecule has 0 aromatic heterocycles. The van der Waals surface area contributed by atoms with E-state index in [2.05, 4.69) is 41.4 Å². The van der Waals surface area contributed by atoms with Gasteiger partial charge in [-0.1, -0.05) is 25.1 Å². The second-order valence-corrected chi connectivity index (χ2v) is 7.83. The van der Waals surface area contributed by atoms with E-state index in [1.165, 1.54) is 30.4 Å². The number of amides is 1. The number of likely N-dealkylation sites (tertiary alicyclic amines) is 1. The van der Waals surface area contributed by atoms with Crippen LogP contribution in [0, 0.1) is 17.2 Å². The van der Waals surface area contributed by atoms with Crippen molar-refractivity contribution in [1.82, 2.24) is 10.2 Å². The van der Waals surface area contributed by atoms with Crippen LogP contribution in [0.25, 0.3) is 0 Å². The molecular weight excluding hydrogens is 322 g/mol. The molecule has 4 nitrogen and oxygen atoms in total. The highest BCUT2D eigenvalue weighted by Crippen LogP contribution is 2.25. The summed E-state index contributed by atoms with van der Waals surface area (Å²) in [6.45, 7) is 6.03. The normalized spacial score (nSPS) is 21.5. The first kappa shape index (κ1) is 18.5. The quantitative estimate of drug-likeness (QED) is 0.661. The van der Waals surface area contributed by atoms with Crippen LogP contribution in [0.1, 0.15) is 62.3 Å². The second-order valence-electron chi connectivity index (χ2n) is 7.83. The first-order valence-corrected chi connectivity index (χ1v) is 9.85. The van der Waals surface area contributed by atoms with Crippen LogP contribution < -0.4 is 5.32 Å². The summed E-state index contributed by atoms with van der Waals surface area (Å²) in [4.78, 5) is 14.7. The van der Waals surface area contributed by atoms with Crippen LogP contribution >= 0.6 is 0 Å². The molecule has 26 heavy (non-hydrogen) atoms. The number of fused-ring (bicyclic) bond motifs is 1. The standard InChI is InChI=1S/C22H29N3O/c1-16-6-5-11-25(14-16)15-21(13-23)22(26)24-17(2)19-10-9-18-7-3-4-8-20(18)12-19/h9-10,12,15-17H,3-8,11,14H2,1-2H3,(H,24,26)/b21-15-. The number of carbonyl (C=O) groups is 1. The SMILES string of the molecule is CC1CCCN(/C=C(/C#N)C(=O)NC(C)c2ccc3c(c2)CCCC3)C1. The largest absolute Gasteiger partial charge is 0.376 e. The molecule has 0 saturated carbocycles. The van der Waals surface area contributed by atoms with E-state index < -0.39 is 0 Å². The summed E-state index contributed by atoms with van der Waals surface area (Å²) in [6.07, 6.45) is 8.87. The molecule has 0 radical (unpaired) electrons. The number of piperidine rings is 1. The number of rotatable bonds is 4. The molecule has 1 heterocycles. The lowest BCUT2D eigenvalue weighted by molar-refractivity contribution is -0.117. The molecule has 1 fully saturated rings. The van der Waals surface area contributed by atoms with Crippen LogP contribution in [-0.4, -0.2) is 23.9 Å². The van der Waals surface area contributed by atoms with Gasteiger partial charge in [0.2, 0.25) is 0 Å². The zero-order valence-corrected chi connectivity index (χ0v) is 15.9. The molecule has 4 heteroatoms. The van der Waals surface area contributed by atoms with Gasteiger partial charge in [-0.2, -0.15) is 5.26 Å². The number of hydrogen-bond donors (Lipinski definition) is 1. The number of benzene rings is 1. The molecule has 2 aliphatic rings. The Morgan fingerprint density at radius 1 is 1.31 bits per heavy atom. The zero-order chi connectivity index (χ0) is 18.5. The zero-order valence-electron chi connectivity index (χ0n) is 15.9. The van der Waals surface area contributed by atoms with Gasteiger partial charge in [0.05, 0.1) is 6.04 Å². The summed E-state index contributed by atoms with van der Waals surface area (Å²) >= 11 is 0. The Hall–Kier alpha value is -2.28. The van der Waals surface area contributed by atoms with Crippen LogP contribution in [0.5, 0.6) is 0 Å². The number of aryl methyl sites for hydroxylation is 2. The summed E-state index contributed by atoms with van der Waals surface area (Å²) in [5.74, 6) is 0.327. The summed E-state index contributed by atoms with van der Waals surface area (Å²) in [5.41, 5.74) is 4.16. The van der Waals surface area contributed by atoms with Crippen molar-refractivity contribution in [3.05, 3.63) is 46.7 Å². The number of nitrogens with one attached hydrogen (secondary N) is 1. The Morgan fingerprint density at radius 3 is 2.81 bits per heavy atom. The minimum atomic E-state index is -0.282. The van der Waals surface area contributed by atoms with Crippen molar-refractivity contribution in [3.8, 4) is 6.07 Å². The molecule has 1 aromatic rings. The summed E-state index contributed by atoms with van der Waals surface area (Å²) < 4.78 is 0. The van der Waals surface area contributed by atoms with E-state index >= 15 is 0 Å². The number of carbonyl (C=O) groups excluding carboxylic acids is 1. The maximum Gasteiger partial charge on any atom is 0.263 e. The predicted molar refractivity (Wildman–Crippen MR) is 103 cm³/mol. The Kier molecular flexibility index (Phi) is 5.98. The smallest absolute Gasteiger partial charge is 0.263 e. The Labute approximate surface area is 156 Å². The lowest BCUT2D eigenvalue weighted by atomic mass is 9.89. The third kappa shape index (κ3) is 4.46. The third-order valence-electron chi connectivity index (χ3n) is 5.59. The summed E-state index contributed by atoms with van der Waals surface area (Å²) in [7, 11) is 0. The van der Waals surface area contributed by atoms with Gasteiger partial charge in [0.1, 0.15) is 11.6 Å². The molecule has 138 valence electrons. The van der Waals surface area contributed by atoms with Gasteiger partial charge in [-0.25, -0.2) is 0 Å². The highest BCUT2D eigenvalue weighted by atomic mass is 16.1. The molecule has 1 N–H and O–H groups in total. The van der Waals surface area contributed by atoms with E-state index in [1.807, 2.05) is 6.92 Å². The van der Waals surface area contributed by atoms with Gasteiger partial charge in [0.15, 0.2) is 0 Å². The molecule has 1 amide bonds. The van der Waals surface area contributed by atoms with Crippen LogP contribution in [-0.2, 0) is 17.6 Å². The van der Waals surface area contributed by atoms with Crippen LogP contribution in [0.3, 0.4) is 0 Å². The van der Waals surface area contributed by atoms with E-state index in [0.29, 0.717) is 5.92 Å². The number of hydrogen-bond acceptors (Lipinski definition) is 3. The fourth-order valence-electron chi connectivity index (χ4n) is 4.04. The molecule has 1 aliphatic carbocycles. The highest BCUT2D eigenvalue weighted by Gasteiger charge is 2.19. The van der Waals surface area contributed by atoms with Gasteiger partial charge >= 0.3 is 0 Å². The first-order chi connectivity index (χ1) is 12.6. The molecule has 0 bridgehead atoms. The number of nitrogens with zero attached hydrogens (tertiary/aromatic N) is 2. The van der Waals surface area contributed by atoms with Crippen LogP contribution in [0.4, 0.5) is 0 Å². The van der Waals surface area contributed by atoms with Gasteiger partial charge in [-0.05, 0) is 68.1 Å². The first-order valence-electron chi connectivity index (χ1n) is 9.85. The van der Waals surface area contributed by atoms with Crippen molar-refractivity contribution >= 4 is 5.91 Å². The fourth-order valence-corrected chi connectivity index (χ4v) is 4.04. The molecule has 0 spiro atoms. The Morgan fingerprint density at radius 2 is 2.08 bits per heavy atom. The van der Waals surface area contributed by atoms with Gasteiger partial charge in [0.25, 0.3) is 5.91 Å². The van der Waals surface area contributed by atoms with Crippen molar-refractivity contribution in [3.63, 3.8) is 0 Å². The van der Waals surface area contributed by atoms with E-state index in [0.717, 1.165) is 37.9 Å². The highest BCUT2D eigenvalue weighted by molar-refractivity contribution is 5.97. The average molecular weight is 351 g/mol. The van der Waals surface area contributed by atoms with Crippen molar-refractivity contribution in [2.24, 2.45) is 5.92 Å². The maximum absolute atomic E-state index is 12.6. The molecule has 2 unspecified atom stereocenters. The van der Waals surface area contributed by atoms with E-state index in [-0.39, 0.29) is 17.5 Å². The van der Waals surface area contributed by atoms with Crippen molar-refractivity contribution < 1.29 is 4.79 Å². The topological polar surface area (TPSA) is 56.1 Å². The Bertz CT molecular complexity index is 731. The average Bonchev–Trinajstić information content (AvgIpc) is 2.65. The predicted octanol–water partition coefficient (Wildman–Crippen LogP) is 3.88. The second kappa shape index (κ2) is 8.40. The molecule has 3 rings (SSSR count). The minimum absolute atomic E-state index is 0.105. The molecule has 1 saturated heterocycles. The fraction of sp³-hybridized carbons (Fsp3) is 0.545. The molecular formula is C22H29N3O. The van der Waals surface area contributed by atoms with Crippen molar-refractivity contribution in [1.29, 1.82) is 5.26 Å². The van der Waals surface area contributed by atoms with Crippen LogP contribution in [0.2, 0.25) is 0 Å². The lowest BCUT2D eigenvalue weighted by Crippen LogP contribution is -2.33. The maximum atomic E-state index is 12.6. The summed E-state index contributed by atoms with van der Waals surface area (Å²) in [5, 5.41) is 12.4. The third-order valence-corrected chi connectivity index (χ3v) is 5.59. The molecule has 1 aliphatic heterocycles. The molecule has 2 atom stereocenters. The summed E-state index contributed by atoms with van der Waals surface area (Å²) in [6, 6.07) is 8.50. The van der Waals surface area contributed by atoms with Crippen molar-refractivity contribution in [2.45, 2.75) is 58.4 Å². The minimum Gasteiger partial charge on any atom is -0.376 e. The van der Waals surface area contributed by atoms with Gasteiger partial charge in [-0.15, -0.1) is 0 Å². The monoisotopic (exact) mass is 351 g/mol. The van der Waals surface area contributed by atoms with Crippen LogP contribution in [0.15, 0.2) is 30.0 Å². The van der Waals surface area contributed by atoms with Crippen molar-refractivity contribution in [2.75, 3.05) is 13.1 Å². The number of nitriles is 1. The molecule has 1 aromatic carbocycles. The van der Waals surface area contributed by atoms with E-state index in [1.54, 1.807) is 6.20 Å². The van der Waals surface area contributed by atoms with E-state index in [4.69, 9.17) is 0 Å². The van der Waals surface area contributed by atoms with Gasteiger partial charge in [-0.3, -0.25) is 4.79 Å². The van der Waals surface area contributed by atoms with Gasteiger partial charge < -0.3 is 10.2 Å². The van der Waals surface area contributed by atoms with E-state index in [9.17, 15) is 10.1 Å².